The molecule has 2 aliphatic heterocycles. The molecule has 236 valence electrons. The Morgan fingerprint density at radius 1 is 0.818 bits per heavy atom. The smallest absolute Gasteiger partial charge is 0.475 e. The average molecular weight is 627 g/mol. The van der Waals surface area contributed by atoms with Crippen molar-refractivity contribution in [2.45, 2.75) is 43.6 Å². The van der Waals surface area contributed by atoms with E-state index in [0.717, 1.165) is 44.7 Å². The number of fused-ring (bicyclic) bond motifs is 2. The maximum Gasteiger partial charge on any atom is 0.490 e. The van der Waals surface area contributed by atoms with Gasteiger partial charge >= 0.3 is 24.3 Å². The van der Waals surface area contributed by atoms with E-state index in [0.29, 0.717) is 6.42 Å². The van der Waals surface area contributed by atoms with Gasteiger partial charge in [-0.2, -0.15) is 26.3 Å². The summed E-state index contributed by atoms with van der Waals surface area (Å²) in [6.07, 6.45) is -2.22. The molecule has 15 heteroatoms. The molecule has 5 rings (SSSR count). The van der Waals surface area contributed by atoms with Crippen LogP contribution in [0.15, 0.2) is 73.2 Å². The first-order valence-corrected chi connectivity index (χ1v) is 13.1. The van der Waals surface area contributed by atoms with Gasteiger partial charge in [0.2, 0.25) is 5.91 Å². The van der Waals surface area contributed by atoms with Crippen LogP contribution in [0.4, 0.5) is 32.0 Å². The molecule has 0 radical (unpaired) electrons. The Morgan fingerprint density at radius 3 is 1.98 bits per heavy atom. The van der Waals surface area contributed by atoms with Gasteiger partial charge in [-0.3, -0.25) is 14.8 Å². The van der Waals surface area contributed by atoms with Crippen LogP contribution < -0.4 is 4.90 Å². The molecular formula is C29H28F6N4O5. The monoisotopic (exact) mass is 626 g/mol. The predicted octanol–water partition coefficient (Wildman–Crippen LogP) is 4.87. The minimum atomic E-state index is -5.08. The largest absolute Gasteiger partial charge is 0.490 e. The van der Waals surface area contributed by atoms with Gasteiger partial charge in [-0.25, -0.2) is 9.59 Å². The van der Waals surface area contributed by atoms with Crippen LogP contribution in [-0.4, -0.2) is 74.9 Å². The van der Waals surface area contributed by atoms with Crippen LogP contribution in [0, 0.1) is 0 Å². The lowest BCUT2D eigenvalue weighted by atomic mass is 9.85. The summed E-state index contributed by atoms with van der Waals surface area (Å²) in [6.45, 7) is 3.28. The quantitative estimate of drug-likeness (QED) is 0.385. The Kier molecular flexibility index (Phi) is 10.9. The fourth-order valence-corrected chi connectivity index (χ4v) is 4.90. The fraction of sp³-hybridized carbons (Fsp3) is 0.345. The van der Waals surface area contributed by atoms with Crippen molar-refractivity contribution in [2.24, 2.45) is 0 Å². The van der Waals surface area contributed by atoms with Crippen molar-refractivity contribution in [3.05, 3.63) is 90.0 Å². The van der Waals surface area contributed by atoms with E-state index < -0.39 is 24.3 Å². The Balaban J connectivity index is 0.000000317. The summed E-state index contributed by atoms with van der Waals surface area (Å²) in [5.41, 5.74) is 4.68. The molecule has 2 aliphatic rings. The first-order valence-electron chi connectivity index (χ1n) is 13.1. The number of carbonyl (C=O) groups excluding carboxylic acids is 1. The third kappa shape index (κ3) is 9.15. The number of alkyl halides is 6. The number of amides is 1. The van der Waals surface area contributed by atoms with Gasteiger partial charge in [0.15, 0.2) is 0 Å². The van der Waals surface area contributed by atoms with Crippen LogP contribution >= 0.6 is 0 Å². The number of carbonyl (C=O) groups is 3. The van der Waals surface area contributed by atoms with Gasteiger partial charge in [-0.05, 0) is 42.2 Å². The van der Waals surface area contributed by atoms with E-state index in [9.17, 15) is 31.1 Å². The summed E-state index contributed by atoms with van der Waals surface area (Å²) in [5.74, 6) is -5.26. The minimum Gasteiger partial charge on any atom is -0.475 e. The molecule has 1 amide bonds. The Hall–Kier alpha value is -4.69. The Bertz CT molecular complexity index is 1400. The number of anilines is 1. The highest BCUT2D eigenvalue weighted by atomic mass is 19.4. The maximum atomic E-state index is 12.9. The van der Waals surface area contributed by atoms with Crippen LogP contribution in [-0.2, 0) is 32.8 Å². The summed E-state index contributed by atoms with van der Waals surface area (Å²) in [6, 6.07) is 18.5. The highest BCUT2D eigenvalue weighted by molar-refractivity contribution is 5.77. The molecule has 0 bridgehead atoms. The molecule has 9 nitrogen and oxygen atoms in total. The lowest BCUT2D eigenvalue weighted by molar-refractivity contribution is -0.193. The van der Waals surface area contributed by atoms with E-state index in [1.54, 1.807) is 6.20 Å². The van der Waals surface area contributed by atoms with Gasteiger partial charge < -0.3 is 20.0 Å². The number of halogens is 6. The molecule has 0 aliphatic carbocycles. The summed E-state index contributed by atoms with van der Waals surface area (Å²) in [5, 5.41) is 14.2. The van der Waals surface area contributed by atoms with Gasteiger partial charge in [0.05, 0.1) is 16.8 Å². The van der Waals surface area contributed by atoms with Crippen molar-refractivity contribution < 1.29 is 50.9 Å². The molecular weight excluding hydrogens is 598 g/mol. The second-order valence-corrected chi connectivity index (χ2v) is 10.0. The lowest BCUT2D eigenvalue weighted by Gasteiger charge is -2.26. The van der Waals surface area contributed by atoms with E-state index in [4.69, 9.17) is 24.8 Å². The Labute approximate surface area is 247 Å². The average Bonchev–Trinajstić information content (AvgIpc) is 3.54. The molecule has 1 spiro atoms. The van der Waals surface area contributed by atoms with Gasteiger partial charge in [0, 0.05) is 51.2 Å². The van der Waals surface area contributed by atoms with Gasteiger partial charge in [0.1, 0.15) is 0 Å². The first kappa shape index (κ1) is 33.8. The number of nitrogens with zero attached hydrogens (tertiary/aromatic N) is 4. The van der Waals surface area contributed by atoms with Gasteiger partial charge in [0.25, 0.3) is 0 Å². The molecule has 1 saturated heterocycles. The zero-order valence-electron chi connectivity index (χ0n) is 23.1. The SMILES string of the molecule is O=C(CCc1ccccc1)N1CCC2(C1)CN(Cc1cccnc1)c1cccnc12.O=C(O)C(F)(F)F.O=C(O)C(F)(F)F. The fourth-order valence-electron chi connectivity index (χ4n) is 4.90. The molecule has 1 atom stereocenters. The topological polar surface area (TPSA) is 124 Å². The normalized spacial score (nSPS) is 17.2. The number of pyridine rings is 2. The number of carboxylic acids is 2. The molecule has 1 aromatic carbocycles. The number of likely N-dealkylation sites (tertiary alicyclic amines) is 1. The van der Waals surface area contributed by atoms with Crippen molar-refractivity contribution in [2.75, 3.05) is 24.5 Å². The molecule has 1 unspecified atom stereocenters. The number of hydrogen-bond acceptors (Lipinski definition) is 6. The number of carboxylic acid groups (broad SMARTS) is 2. The minimum absolute atomic E-state index is 0.0682. The van der Waals surface area contributed by atoms with Crippen LogP contribution in [0.1, 0.15) is 29.7 Å². The van der Waals surface area contributed by atoms with Gasteiger partial charge in [-0.15, -0.1) is 0 Å². The summed E-state index contributed by atoms with van der Waals surface area (Å²) < 4.78 is 63.5. The van der Waals surface area contributed by atoms with Crippen molar-refractivity contribution in [3.63, 3.8) is 0 Å². The van der Waals surface area contributed by atoms with Crippen LogP contribution in [0.5, 0.6) is 0 Å². The van der Waals surface area contributed by atoms with Crippen molar-refractivity contribution in [1.29, 1.82) is 0 Å². The molecule has 4 heterocycles. The van der Waals surface area contributed by atoms with Crippen LogP contribution in [0.3, 0.4) is 0 Å². The number of aryl methyl sites for hydroxylation is 1. The van der Waals surface area contributed by atoms with Crippen molar-refractivity contribution >= 4 is 23.5 Å². The number of aliphatic carboxylic acids is 2. The van der Waals surface area contributed by atoms with Crippen LogP contribution in [0.2, 0.25) is 0 Å². The molecule has 2 aromatic heterocycles. The highest BCUT2D eigenvalue weighted by Crippen LogP contribution is 2.45. The van der Waals surface area contributed by atoms with Gasteiger partial charge in [-0.1, -0.05) is 36.4 Å². The maximum absolute atomic E-state index is 12.9. The number of aromatic nitrogens is 2. The Morgan fingerprint density at radius 2 is 1.41 bits per heavy atom. The van der Waals surface area contributed by atoms with Crippen molar-refractivity contribution in [1.82, 2.24) is 14.9 Å². The summed E-state index contributed by atoms with van der Waals surface area (Å²) in [4.78, 5) is 44.2. The predicted molar refractivity (Wildman–Crippen MR) is 145 cm³/mol. The summed E-state index contributed by atoms with van der Waals surface area (Å²) in [7, 11) is 0. The second-order valence-electron chi connectivity index (χ2n) is 10.0. The van der Waals surface area contributed by atoms with E-state index in [1.807, 2.05) is 42.7 Å². The highest BCUT2D eigenvalue weighted by Gasteiger charge is 2.49. The third-order valence-corrected chi connectivity index (χ3v) is 6.88. The summed E-state index contributed by atoms with van der Waals surface area (Å²) >= 11 is 0. The van der Waals surface area contributed by atoms with E-state index >= 15 is 0 Å². The molecule has 0 saturated carbocycles. The van der Waals surface area contributed by atoms with E-state index in [1.165, 1.54) is 16.8 Å². The van der Waals surface area contributed by atoms with E-state index in [2.05, 4.69) is 39.0 Å². The lowest BCUT2D eigenvalue weighted by Crippen LogP contribution is -2.38. The number of hydrogen-bond donors (Lipinski definition) is 2. The zero-order valence-corrected chi connectivity index (χ0v) is 23.1. The number of rotatable bonds is 5. The third-order valence-electron chi connectivity index (χ3n) is 6.88. The molecule has 3 aromatic rings. The van der Waals surface area contributed by atoms with Crippen molar-refractivity contribution in [3.8, 4) is 0 Å². The first-order chi connectivity index (χ1) is 20.6. The standard InChI is InChI=1S/C25H26N4O.2C2HF3O2/c30-23(11-10-20-6-2-1-3-7-20)28-15-12-25(18-28)19-29(17-21-8-4-13-26-16-21)22-9-5-14-27-24(22)25;2*3-2(4,5)1(6)7/h1-9,13-14,16H,10-12,15,17-19H2;2*(H,6,7). The number of benzene rings is 1. The molecule has 1 fully saturated rings. The van der Waals surface area contributed by atoms with Crippen LogP contribution in [0.25, 0.3) is 0 Å². The second kappa shape index (κ2) is 14.2. The zero-order chi connectivity index (χ0) is 32.5. The molecule has 44 heavy (non-hydrogen) atoms. The molecule has 2 N–H and O–H groups in total. The van der Waals surface area contributed by atoms with E-state index in [-0.39, 0.29) is 11.3 Å².